The molecule has 0 radical (unpaired) electrons. The van der Waals surface area contributed by atoms with Crippen molar-refractivity contribution < 1.29 is 9.53 Å². The number of fused-ring (bicyclic) bond motifs is 1. The Morgan fingerprint density at radius 3 is 2.78 bits per heavy atom. The number of alkyl halides is 1. The lowest BCUT2D eigenvalue weighted by molar-refractivity contribution is -0.116. The Bertz CT molecular complexity index is 461. The predicted octanol–water partition coefficient (Wildman–Crippen LogP) is 3.32. The summed E-state index contributed by atoms with van der Waals surface area (Å²) >= 11 is 3.50. The predicted molar refractivity (Wildman–Crippen MR) is 76.8 cm³/mol. The molecule has 2 rings (SSSR count). The number of ether oxygens (including phenoxy) is 1. The number of methoxy groups -OCH3 is 1. The van der Waals surface area contributed by atoms with E-state index in [2.05, 4.69) is 28.9 Å². The topological polar surface area (TPSA) is 29.5 Å². The number of nitrogens with zero attached hydrogens (tertiary/aromatic N) is 1. The second kappa shape index (κ2) is 5.31. The molecule has 1 amide bonds. The molecule has 1 heterocycles. The molecule has 0 fully saturated rings. The van der Waals surface area contributed by atoms with Gasteiger partial charge in [0, 0.05) is 29.9 Å². The van der Waals surface area contributed by atoms with E-state index in [9.17, 15) is 4.79 Å². The van der Waals surface area contributed by atoms with Crippen LogP contribution in [0.15, 0.2) is 18.2 Å². The maximum absolute atomic E-state index is 11.8. The van der Waals surface area contributed by atoms with Crippen LogP contribution >= 0.6 is 15.9 Å². The minimum Gasteiger partial charge on any atom is -0.497 e. The maximum atomic E-state index is 11.8. The van der Waals surface area contributed by atoms with Gasteiger partial charge in [0.2, 0.25) is 5.91 Å². The van der Waals surface area contributed by atoms with Crippen LogP contribution in [0.5, 0.6) is 5.75 Å². The largest absolute Gasteiger partial charge is 0.497 e. The molecule has 0 aliphatic carbocycles. The molecule has 2 atom stereocenters. The van der Waals surface area contributed by atoms with Crippen LogP contribution in [0.2, 0.25) is 0 Å². The molecule has 1 aromatic rings. The maximum Gasteiger partial charge on any atom is 0.224 e. The highest BCUT2D eigenvalue weighted by atomic mass is 79.9. The number of halogens is 1. The van der Waals surface area contributed by atoms with Crippen molar-refractivity contribution in [3.05, 3.63) is 23.8 Å². The summed E-state index contributed by atoms with van der Waals surface area (Å²) in [7, 11) is 1.67. The van der Waals surface area contributed by atoms with Gasteiger partial charge >= 0.3 is 0 Å². The highest BCUT2D eigenvalue weighted by Crippen LogP contribution is 2.44. The summed E-state index contributed by atoms with van der Waals surface area (Å²) < 4.78 is 5.28. The fourth-order valence-electron chi connectivity index (χ4n) is 2.81. The van der Waals surface area contributed by atoms with E-state index in [-0.39, 0.29) is 11.9 Å². The monoisotopic (exact) mass is 311 g/mol. The van der Waals surface area contributed by atoms with Gasteiger partial charge < -0.3 is 9.64 Å². The molecule has 4 heteroatoms. The van der Waals surface area contributed by atoms with Gasteiger partial charge in [0.25, 0.3) is 0 Å². The minimum absolute atomic E-state index is 0.103. The molecular weight excluding hydrogens is 294 g/mol. The molecule has 0 aromatic heterocycles. The normalized spacial score (nSPS) is 21.9. The van der Waals surface area contributed by atoms with Crippen molar-refractivity contribution in [1.29, 1.82) is 0 Å². The number of rotatable bonds is 3. The van der Waals surface area contributed by atoms with Crippen molar-refractivity contribution in [2.75, 3.05) is 17.3 Å². The van der Waals surface area contributed by atoms with Gasteiger partial charge in [0.15, 0.2) is 0 Å². The van der Waals surface area contributed by atoms with E-state index in [4.69, 9.17) is 4.74 Å². The van der Waals surface area contributed by atoms with Gasteiger partial charge in [-0.2, -0.15) is 0 Å². The second-order valence-electron chi connectivity index (χ2n) is 4.64. The van der Waals surface area contributed by atoms with Gasteiger partial charge in [-0.25, -0.2) is 0 Å². The fraction of sp³-hybridized carbons (Fsp3) is 0.500. The Morgan fingerprint density at radius 1 is 1.50 bits per heavy atom. The van der Waals surface area contributed by atoms with Gasteiger partial charge in [-0.3, -0.25) is 4.79 Å². The molecule has 0 spiro atoms. The number of benzene rings is 1. The van der Waals surface area contributed by atoms with E-state index in [1.807, 2.05) is 17.0 Å². The number of anilines is 1. The van der Waals surface area contributed by atoms with E-state index >= 15 is 0 Å². The van der Waals surface area contributed by atoms with E-state index in [1.165, 1.54) is 5.56 Å². The molecule has 1 aromatic carbocycles. The first-order chi connectivity index (χ1) is 8.60. The standard InChI is InChI=1S/C14H18BrNO2/c1-9-12(6-7-15)13-8-11(18-3)4-5-14(13)16(9)10(2)17/h4-5,8-9,12H,6-7H2,1-3H3. The van der Waals surface area contributed by atoms with Crippen LogP contribution in [0, 0.1) is 0 Å². The third kappa shape index (κ3) is 2.14. The third-order valence-electron chi connectivity index (χ3n) is 3.64. The first-order valence-electron chi connectivity index (χ1n) is 6.13. The molecular formula is C14H18BrNO2. The van der Waals surface area contributed by atoms with Gasteiger partial charge in [-0.1, -0.05) is 15.9 Å². The summed E-state index contributed by atoms with van der Waals surface area (Å²) in [4.78, 5) is 13.7. The Morgan fingerprint density at radius 2 is 2.22 bits per heavy atom. The zero-order valence-corrected chi connectivity index (χ0v) is 12.5. The average Bonchev–Trinajstić information content (AvgIpc) is 2.62. The highest BCUT2D eigenvalue weighted by Gasteiger charge is 2.37. The lowest BCUT2D eigenvalue weighted by atomic mass is 9.93. The Kier molecular flexibility index (Phi) is 3.95. The molecule has 0 saturated carbocycles. The smallest absolute Gasteiger partial charge is 0.224 e. The summed E-state index contributed by atoms with van der Waals surface area (Å²) in [5.74, 6) is 1.33. The van der Waals surface area contributed by atoms with Crippen LogP contribution in [-0.2, 0) is 4.79 Å². The lowest BCUT2D eigenvalue weighted by Gasteiger charge is -2.23. The van der Waals surface area contributed by atoms with E-state index in [1.54, 1.807) is 14.0 Å². The number of carbonyl (C=O) groups excluding carboxylic acids is 1. The number of carbonyl (C=O) groups is 1. The summed E-state index contributed by atoms with van der Waals surface area (Å²) in [6.45, 7) is 3.74. The quantitative estimate of drug-likeness (QED) is 0.801. The SMILES string of the molecule is COc1ccc2c(c1)C(CCBr)C(C)N2C(C)=O. The zero-order valence-electron chi connectivity index (χ0n) is 10.9. The molecule has 0 N–H and O–H groups in total. The molecule has 0 saturated heterocycles. The van der Waals surface area contributed by atoms with E-state index in [0.717, 1.165) is 23.2 Å². The molecule has 1 aliphatic rings. The minimum atomic E-state index is 0.103. The first kappa shape index (κ1) is 13.4. The fourth-order valence-corrected chi connectivity index (χ4v) is 3.30. The lowest BCUT2D eigenvalue weighted by Crippen LogP contribution is -2.35. The van der Waals surface area contributed by atoms with Gasteiger partial charge in [-0.15, -0.1) is 0 Å². The zero-order chi connectivity index (χ0) is 13.3. The molecule has 3 nitrogen and oxygen atoms in total. The summed E-state index contributed by atoms with van der Waals surface area (Å²) in [5, 5.41) is 0.935. The van der Waals surface area contributed by atoms with Gasteiger partial charge in [0.05, 0.1) is 7.11 Å². The molecule has 0 bridgehead atoms. The number of hydrogen-bond acceptors (Lipinski definition) is 2. The Hall–Kier alpha value is -1.03. The van der Waals surface area contributed by atoms with Gasteiger partial charge in [-0.05, 0) is 37.1 Å². The van der Waals surface area contributed by atoms with Crippen LogP contribution in [-0.4, -0.2) is 24.4 Å². The van der Waals surface area contributed by atoms with Crippen molar-refractivity contribution in [1.82, 2.24) is 0 Å². The number of amides is 1. The van der Waals surface area contributed by atoms with Gasteiger partial charge in [0.1, 0.15) is 5.75 Å². The van der Waals surface area contributed by atoms with Crippen LogP contribution in [0.3, 0.4) is 0 Å². The molecule has 18 heavy (non-hydrogen) atoms. The molecule has 1 aliphatic heterocycles. The molecule has 98 valence electrons. The van der Waals surface area contributed by atoms with Crippen LogP contribution in [0.4, 0.5) is 5.69 Å². The average molecular weight is 312 g/mol. The summed E-state index contributed by atoms with van der Waals surface area (Å²) in [5.41, 5.74) is 2.25. The van der Waals surface area contributed by atoms with Crippen molar-refractivity contribution in [2.24, 2.45) is 0 Å². The summed E-state index contributed by atoms with van der Waals surface area (Å²) in [6.07, 6.45) is 1.02. The first-order valence-corrected chi connectivity index (χ1v) is 7.26. The van der Waals surface area contributed by atoms with Crippen molar-refractivity contribution >= 4 is 27.5 Å². The van der Waals surface area contributed by atoms with Crippen molar-refractivity contribution in [3.63, 3.8) is 0 Å². The molecule has 2 unspecified atom stereocenters. The number of hydrogen-bond donors (Lipinski definition) is 0. The van der Waals surface area contributed by atoms with E-state index in [0.29, 0.717) is 5.92 Å². The highest BCUT2D eigenvalue weighted by molar-refractivity contribution is 9.09. The summed E-state index contributed by atoms with van der Waals surface area (Å²) in [6, 6.07) is 6.17. The van der Waals surface area contributed by atoms with Crippen molar-refractivity contribution in [3.8, 4) is 5.75 Å². The second-order valence-corrected chi connectivity index (χ2v) is 5.43. The van der Waals surface area contributed by atoms with E-state index < -0.39 is 0 Å². The third-order valence-corrected chi connectivity index (χ3v) is 4.10. The Balaban J connectivity index is 2.48. The van der Waals surface area contributed by atoms with Crippen molar-refractivity contribution in [2.45, 2.75) is 32.2 Å². The van der Waals surface area contributed by atoms with Crippen LogP contribution < -0.4 is 9.64 Å². The van der Waals surface area contributed by atoms with Crippen LogP contribution in [0.1, 0.15) is 31.7 Å². The van der Waals surface area contributed by atoms with Crippen LogP contribution in [0.25, 0.3) is 0 Å². The Labute approximate surface area is 116 Å².